The molecule has 0 aromatic carbocycles. The van der Waals surface area contributed by atoms with Crippen molar-refractivity contribution in [3.8, 4) is 0 Å². The maximum Gasteiger partial charge on any atom is 0.389 e. The lowest BCUT2D eigenvalue weighted by molar-refractivity contribution is -0.136. The van der Waals surface area contributed by atoms with Gasteiger partial charge in [-0.15, -0.1) is 0 Å². The van der Waals surface area contributed by atoms with Crippen molar-refractivity contribution >= 4 is 0 Å². The van der Waals surface area contributed by atoms with Crippen LogP contribution in [0, 0.1) is 5.92 Å². The maximum absolute atomic E-state index is 12.3. The Labute approximate surface area is 120 Å². The third kappa shape index (κ3) is 4.92. The summed E-state index contributed by atoms with van der Waals surface area (Å²) >= 11 is 0. The lowest BCUT2D eigenvalue weighted by Crippen LogP contribution is -2.58. The topological polar surface area (TPSA) is 15.3 Å². The number of hydrogen-bond donors (Lipinski definition) is 1. The van der Waals surface area contributed by atoms with E-state index >= 15 is 0 Å². The molecule has 2 aliphatic rings. The molecule has 0 radical (unpaired) electrons. The first-order chi connectivity index (χ1) is 9.46. The molecule has 1 N–H and O–H groups in total. The first-order valence-corrected chi connectivity index (χ1v) is 8.00. The summed E-state index contributed by atoms with van der Waals surface area (Å²) in [5, 5.41) is 3.50. The minimum atomic E-state index is -4.01. The predicted octanol–water partition coefficient (Wildman–Crippen LogP) is 3.57. The van der Waals surface area contributed by atoms with Crippen molar-refractivity contribution in [3.63, 3.8) is 0 Å². The lowest BCUT2D eigenvalue weighted by atomic mass is 9.82. The summed E-state index contributed by atoms with van der Waals surface area (Å²) in [5.74, 6) is 0.676. The van der Waals surface area contributed by atoms with Crippen molar-refractivity contribution < 1.29 is 13.2 Å². The maximum atomic E-state index is 12.3. The molecule has 2 atom stereocenters. The molecule has 0 aromatic heterocycles. The molecule has 1 heterocycles. The molecule has 0 amide bonds. The average Bonchev–Trinajstić information content (AvgIpc) is 2.38. The number of rotatable bonds is 4. The minimum absolute atomic E-state index is 0.236. The van der Waals surface area contributed by atoms with Crippen LogP contribution < -0.4 is 5.32 Å². The average molecular weight is 292 g/mol. The van der Waals surface area contributed by atoms with Crippen LogP contribution in [-0.2, 0) is 0 Å². The third-order valence-corrected chi connectivity index (χ3v) is 4.75. The van der Waals surface area contributed by atoms with Crippen LogP contribution in [0.25, 0.3) is 0 Å². The molecule has 1 saturated carbocycles. The van der Waals surface area contributed by atoms with E-state index in [1.165, 1.54) is 32.1 Å². The normalized spacial score (nSPS) is 30.6. The van der Waals surface area contributed by atoms with Gasteiger partial charge in [-0.1, -0.05) is 19.3 Å². The highest BCUT2D eigenvalue weighted by molar-refractivity contribution is 4.89. The van der Waals surface area contributed by atoms with Crippen molar-refractivity contribution in [2.75, 3.05) is 19.6 Å². The van der Waals surface area contributed by atoms with Crippen LogP contribution in [-0.4, -0.2) is 42.8 Å². The standard InChI is InChI=1S/C15H27F3N2/c1-12-11-20(9-5-8-15(16,17)18)14(10-19-12)13-6-3-2-4-7-13/h12-14,19H,2-11H2,1H3. The van der Waals surface area contributed by atoms with Gasteiger partial charge in [0, 0.05) is 31.6 Å². The molecule has 2 fully saturated rings. The van der Waals surface area contributed by atoms with Gasteiger partial charge in [0.15, 0.2) is 0 Å². The molecule has 1 aliphatic carbocycles. The molecule has 2 rings (SSSR count). The van der Waals surface area contributed by atoms with E-state index in [9.17, 15) is 13.2 Å². The van der Waals surface area contributed by atoms with Gasteiger partial charge in [-0.25, -0.2) is 0 Å². The van der Waals surface area contributed by atoms with E-state index in [1.807, 2.05) is 0 Å². The van der Waals surface area contributed by atoms with E-state index in [1.54, 1.807) is 0 Å². The number of alkyl halides is 3. The molecule has 0 bridgehead atoms. The second kappa shape index (κ2) is 7.12. The van der Waals surface area contributed by atoms with Gasteiger partial charge >= 0.3 is 6.18 Å². The van der Waals surface area contributed by atoms with E-state index in [4.69, 9.17) is 0 Å². The van der Waals surface area contributed by atoms with Gasteiger partial charge < -0.3 is 5.32 Å². The summed E-state index contributed by atoms with van der Waals surface area (Å²) in [6.45, 7) is 4.54. The van der Waals surface area contributed by atoms with Crippen LogP contribution in [0.1, 0.15) is 51.9 Å². The molecule has 118 valence electrons. The molecule has 0 spiro atoms. The van der Waals surface area contributed by atoms with Crippen molar-refractivity contribution in [1.82, 2.24) is 10.2 Å². The summed E-state index contributed by atoms with van der Waals surface area (Å²) in [6, 6.07) is 0.834. The van der Waals surface area contributed by atoms with Crippen LogP contribution in [0.4, 0.5) is 13.2 Å². The number of nitrogens with one attached hydrogen (secondary N) is 1. The fourth-order valence-corrected chi connectivity index (χ4v) is 3.73. The van der Waals surface area contributed by atoms with Crippen molar-refractivity contribution in [2.45, 2.75) is 70.1 Å². The smallest absolute Gasteiger partial charge is 0.311 e. The minimum Gasteiger partial charge on any atom is -0.311 e. The summed E-state index contributed by atoms with van der Waals surface area (Å²) in [4.78, 5) is 2.32. The first-order valence-electron chi connectivity index (χ1n) is 8.00. The summed E-state index contributed by atoms with van der Waals surface area (Å²) < 4.78 is 36.9. The number of nitrogens with zero attached hydrogens (tertiary/aromatic N) is 1. The highest BCUT2D eigenvalue weighted by atomic mass is 19.4. The van der Waals surface area contributed by atoms with Crippen LogP contribution in [0.3, 0.4) is 0 Å². The van der Waals surface area contributed by atoms with E-state index in [-0.39, 0.29) is 6.42 Å². The van der Waals surface area contributed by atoms with Crippen molar-refractivity contribution in [2.24, 2.45) is 5.92 Å². The largest absolute Gasteiger partial charge is 0.389 e. The first kappa shape index (κ1) is 16.1. The fraction of sp³-hybridized carbons (Fsp3) is 1.00. The van der Waals surface area contributed by atoms with E-state index in [0.717, 1.165) is 13.1 Å². The number of halogens is 3. The van der Waals surface area contributed by atoms with Gasteiger partial charge in [-0.2, -0.15) is 13.2 Å². The summed E-state index contributed by atoms with van der Waals surface area (Å²) in [7, 11) is 0. The predicted molar refractivity (Wildman–Crippen MR) is 74.7 cm³/mol. The quantitative estimate of drug-likeness (QED) is 0.852. The van der Waals surface area contributed by atoms with Crippen LogP contribution >= 0.6 is 0 Å². The van der Waals surface area contributed by atoms with Gasteiger partial charge in [0.05, 0.1) is 0 Å². The fourth-order valence-electron chi connectivity index (χ4n) is 3.73. The molecule has 2 unspecified atom stereocenters. The van der Waals surface area contributed by atoms with Gasteiger partial charge in [-0.05, 0) is 38.6 Å². The van der Waals surface area contributed by atoms with Crippen molar-refractivity contribution in [1.29, 1.82) is 0 Å². The Morgan fingerprint density at radius 1 is 1.15 bits per heavy atom. The lowest BCUT2D eigenvalue weighted by Gasteiger charge is -2.44. The molecule has 0 aromatic rings. The molecular weight excluding hydrogens is 265 g/mol. The Morgan fingerprint density at radius 3 is 2.50 bits per heavy atom. The second-order valence-corrected chi connectivity index (χ2v) is 6.49. The molecule has 1 saturated heterocycles. The zero-order valence-electron chi connectivity index (χ0n) is 12.4. The van der Waals surface area contributed by atoms with Gasteiger partial charge in [0.25, 0.3) is 0 Å². The Balaban J connectivity index is 1.86. The molecular formula is C15H27F3N2. The zero-order chi connectivity index (χ0) is 14.6. The molecule has 2 nitrogen and oxygen atoms in total. The molecule has 5 heteroatoms. The van der Waals surface area contributed by atoms with E-state index in [0.29, 0.717) is 24.5 Å². The zero-order valence-corrected chi connectivity index (χ0v) is 12.4. The van der Waals surface area contributed by atoms with Crippen LogP contribution in [0.5, 0.6) is 0 Å². The summed E-state index contributed by atoms with van der Waals surface area (Å²) in [5.41, 5.74) is 0. The van der Waals surface area contributed by atoms with Gasteiger partial charge in [-0.3, -0.25) is 4.90 Å². The van der Waals surface area contributed by atoms with E-state index in [2.05, 4.69) is 17.1 Å². The Bertz CT molecular complexity index is 287. The number of piperazine rings is 1. The van der Waals surface area contributed by atoms with Crippen LogP contribution in [0.15, 0.2) is 0 Å². The Kier molecular flexibility index (Phi) is 5.73. The Morgan fingerprint density at radius 2 is 1.85 bits per heavy atom. The molecule has 1 aliphatic heterocycles. The van der Waals surface area contributed by atoms with Crippen LogP contribution in [0.2, 0.25) is 0 Å². The Hall–Kier alpha value is -0.290. The third-order valence-electron chi connectivity index (χ3n) is 4.75. The van der Waals surface area contributed by atoms with Crippen molar-refractivity contribution in [3.05, 3.63) is 0 Å². The SMILES string of the molecule is CC1CN(CCCC(F)(F)F)C(C2CCCCC2)CN1. The van der Waals surface area contributed by atoms with Gasteiger partial charge in [0.2, 0.25) is 0 Å². The van der Waals surface area contributed by atoms with Gasteiger partial charge in [0.1, 0.15) is 0 Å². The highest BCUT2D eigenvalue weighted by Crippen LogP contribution is 2.31. The second-order valence-electron chi connectivity index (χ2n) is 6.49. The number of hydrogen-bond acceptors (Lipinski definition) is 2. The monoisotopic (exact) mass is 292 g/mol. The summed E-state index contributed by atoms with van der Waals surface area (Å²) in [6.07, 6.45) is 1.95. The van der Waals surface area contributed by atoms with E-state index < -0.39 is 12.6 Å². The molecule has 20 heavy (non-hydrogen) atoms. The highest BCUT2D eigenvalue weighted by Gasteiger charge is 2.33.